The summed E-state index contributed by atoms with van der Waals surface area (Å²) in [6, 6.07) is 6.77. The summed E-state index contributed by atoms with van der Waals surface area (Å²) < 4.78 is 1.56. The maximum absolute atomic E-state index is 12.5. The summed E-state index contributed by atoms with van der Waals surface area (Å²) in [5.41, 5.74) is 1.70. The number of carbonyl (C=O) groups excluding carboxylic acids is 2. The summed E-state index contributed by atoms with van der Waals surface area (Å²) in [6.45, 7) is 3.54. The van der Waals surface area contributed by atoms with E-state index >= 15 is 0 Å². The Bertz CT molecular complexity index is 858. The SMILES string of the molecule is CC(=O)c1ccc(NC(=O)[C@H]2CSc3ncc(C)c(=O)n3C2)cc1. The fourth-order valence-electron chi connectivity index (χ4n) is 2.49. The highest BCUT2D eigenvalue weighted by Gasteiger charge is 2.27. The van der Waals surface area contributed by atoms with Gasteiger partial charge >= 0.3 is 0 Å². The highest BCUT2D eigenvalue weighted by Crippen LogP contribution is 2.25. The molecule has 0 fully saturated rings. The van der Waals surface area contributed by atoms with E-state index in [1.807, 2.05) is 0 Å². The Kier molecular flexibility index (Phi) is 4.53. The zero-order valence-corrected chi connectivity index (χ0v) is 14.2. The number of aryl methyl sites for hydroxylation is 1. The van der Waals surface area contributed by atoms with Gasteiger partial charge in [-0.15, -0.1) is 0 Å². The average Bonchev–Trinajstić information content (AvgIpc) is 2.58. The molecule has 1 aromatic heterocycles. The molecule has 0 spiro atoms. The predicted molar refractivity (Wildman–Crippen MR) is 92.5 cm³/mol. The zero-order chi connectivity index (χ0) is 17.3. The summed E-state index contributed by atoms with van der Waals surface area (Å²) in [5, 5.41) is 3.50. The Hall–Kier alpha value is -2.41. The van der Waals surface area contributed by atoms with E-state index in [-0.39, 0.29) is 23.2 Å². The molecule has 1 atom stereocenters. The lowest BCUT2D eigenvalue weighted by molar-refractivity contribution is -0.119. The van der Waals surface area contributed by atoms with Crippen molar-refractivity contribution >= 4 is 29.1 Å². The first-order chi connectivity index (χ1) is 11.5. The van der Waals surface area contributed by atoms with Crippen LogP contribution in [0.25, 0.3) is 0 Å². The van der Waals surface area contributed by atoms with Crippen molar-refractivity contribution in [1.82, 2.24) is 9.55 Å². The van der Waals surface area contributed by atoms with Gasteiger partial charge in [0.25, 0.3) is 5.56 Å². The van der Waals surface area contributed by atoms with Crippen LogP contribution in [0.4, 0.5) is 5.69 Å². The number of fused-ring (bicyclic) bond motifs is 1. The minimum atomic E-state index is -0.309. The van der Waals surface area contributed by atoms with Crippen LogP contribution >= 0.6 is 11.8 Å². The molecule has 0 bridgehead atoms. The number of hydrogen-bond acceptors (Lipinski definition) is 5. The van der Waals surface area contributed by atoms with Crippen LogP contribution in [0.1, 0.15) is 22.8 Å². The molecule has 1 aliphatic rings. The first kappa shape index (κ1) is 16.4. The Morgan fingerprint density at radius 3 is 2.67 bits per heavy atom. The summed E-state index contributed by atoms with van der Waals surface area (Å²) in [6.07, 6.45) is 1.57. The summed E-state index contributed by atoms with van der Waals surface area (Å²) in [7, 11) is 0. The van der Waals surface area contributed by atoms with Gasteiger partial charge in [-0.2, -0.15) is 0 Å². The molecule has 0 unspecified atom stereocenters. The number of Topliss-reactive ketones (excluding diaryl/α,β-unsaturated/α-hetero) is 1. The molecular weight excluding hydrogens is 326 g/mol. The van der Waals surface area contributed by atoms with Gasteiger partial charge in [-0.05, 0) is 38.1 Å². The lowest BCUT2D eigenvalue weighted by Crippen LogP contribution is -2.37. The van der Waals surface area contributed by atoms with Crippen molar-refractivity contribution in [3.8, 4) is 0 Å². The van der Waals surface area contributed by atoms with Gasteiger partial charge in [0.1, 0.15) is 0 Å². The molecule has 0 radical (unpaired) electrons. The molecule has 124 valence electrons. The molecule has 2 heterocycles. The Morgan fingerprint density at radius 2 is 2.00 bits per heavy atom. The van der Waals surface area contributed by atoms with E-state index in [2.05, 4.69) is 10.3 Å². The van der Waals surface area contributed by atoms with Crippen molar-refractivity contribution < 1.29 is 9.59 Å². The minimum Gasteiger partial charge on any atom is -0.326 e. The number of nitrogens with one attached hydrogen (secondary N) is 1. The van der Waals surface area contributed by atoms with Gasteiger partial charge in [0.2, 0.25) is 5.91 Å². The molecule has 1 aliphatic heterocycles. The third-order valence-electron chi connectivity index (χ3n) is 3.93. The molecular formula is C17H17N3O3S. The molecule has 0 aliphatic carbocycles. The number of hydrogen-bond donors (Lipinski definition) is 1. The number of ketones is 1. The zero-order valence-electron chi connectivity index (χ0n) is 13.4. The second-order valence-corrected chi connectivity index (χ2v) is 6.76. The second kappa shape index (κ2) is 6.60. The smallest absolute Gasteiger partial charge is 0.257 e. The van der Waals surface area contributed by atoms with Gasteiger partial charge in [-0.25, -0.2) is 4.98 Å². The lowest BCUT2D eigenvalue weighted by Gasteiger charge is -2.24. The molecule has 1 N–H and O–H groups in total. The lowest BCUT2D eigenvalue weighted by atomic mass is 10.1. The molecule has 2 aromatic rings. The van der Waals surface area contributed by atoms with Crippen molar-refractivity contribution in [2.45, 2.75) is 25.5 Å². The molecule has 0 saturated heterocycles. The van der Waals surface area contributed by atoms with Crippen molar-refractivity contribution in [2.24, 2.45) is 5.92 Å². The fraction of sp³-hybridized carbons (Fsp3) is 0.294. The first-order valence-electron chi connectivity index (χ1n) is 7.57. The van der Waals surface area contributed by atoms with Crippen molar-refractivity contribution in [3.63, 3.8) is 0 Å². The minimum absolute atomic E-state index is 0.0181. The van der Waals surface area contributed by atoms with Crippen molar-refractivity contribution in [1.29, 1.82) is 0 Å². The third-order valence-corrected chi connectivity index (χ3v) is 5.08. The molecule has 7 heteroatoms. The molecule has 6 nitrogen and oxygen atoms in total. The van der Waals surface area contributed by atoms with Crippen LogP contribution in [0.15, 0.2) is 40.4 Å². The predicted octanol–water partition coefficient (Wildman–Crippen LogP) is 2.11. The maximum atomic E-state index is 12.5. The van der Waals surface area contributed by atoms with Crippen molar-refractivity contribution in [2.75, 3.05) is 11.1 Å². The largest absolute Gasteiger partial charge is 0.326 e. The van der Waals surface area contributed by atoms with E-state index < -0.39 is 0 Å². The van der Waals surface area contributed by atoms with Crippen LogP contribution < -0.4 is 10.9 Å². The molecule has 1 aromatic carbocycles. The Labute approximate surface area is 143 Å². The van der Waals surface area contributed by atoms with Gasteiger partial charge in [0.15, 0.2) is 10.9 Å². The highest BCUT2D eigenvalue weighted by molar-refractivity contribution is 7.99. The van der Waals surface area contributed by atoms with Crippen LogP contribution in [0, 0.1) is 12.8 Å². The summed E-state index contributed by atoms with van der Waals surface area (Å²) in [5.74, 6) is 0.108. The number of rotatable bonds is 3. The van der Waals surface area contributed by atoms with Gasteiger partial charge < -0.3 is 5.32 Å². The maximum Gasteiger partial charge on any atom is 0.257 e. The van der Waals surface area contributed by atoms with Crippen molar-refractivity contribution in [3.05, 3.63) is 51.9 Å². The van der Waals surface area contributed by atoms with Gasteiger partial charge in [-0.1, -0.05) is 11.8 Å². The Balaban J connectivity index is 1.73. The van der Waals surface area contributed by atoms with E-state index in [0.29, 0.717) is 34.3 Å². The number of nitrogens with zero attached hydrogens (tertiary/aromatic N) is 2. The van der Waals surface area contributed by atoms with Crippen LogP contribution in [-0.2, 0) is 11.3 Å². The molecule has 3 rings (SSSR count). The summed E-state index contributed by atoms with van der Waals surface area (Å²) >= 11 is 1.41. The molecule has 0 saturated carbocycles. The topological polar surface area (TPSA) is 81.1 Å². The normalized spacial score (nSPS) is 16.3. The number of aromatic nitrogens is 2. The van der Waals surface area contributed by atoms with Gasteiger partial charge in [0, 0.05) is 35.3 Å². The van der Waals surface area contributed by atoms with E-state index in [1.54, 1.807) is 42.0 Å². The monoisotopic (exact) mass is 343 g/mol. The first-order valence-corrected chi connectivity index (χ1v) is 8.55. The van der Waals surface area contributed by atoms with E-state index in [4.69, 9.17) is 0 Å². The van der Waals surface area contributed by atoms with E-state index in [9.17, 15) is 14.4 Å². The summed E-state index contributed by atoms with van der Waals surface area (Å²) in [4.78, 5) is 40.2. The highest BCUT2D eigenvalue weighted by atomic mass is 32.2. The average molecular weight is 343 g/mol. The molecule has 24 heavy (non-hydrogen) atoms. The van der Waals surface area contributed by atoms with Crippen LogP contribution in [0.3, 0.4) is 0 Å². The second-order valence-electron chi connectivity index (χ2n) is 5.77. The standard InChI is InChI=1S/C17H17N3O3S/c1-10-7-18-17-20(16(10)23)8-13(9-24-17)15(22)19-14-5-3-12(4-6-14)11(2)21/h3-7,13H,8-9H2,1-2H3,(H,19,22)/t13-/m1/s1. The molecule has 1 amide bonds. The number of carbonyl (C=O) groups is 2. The number of amides is 1. The quantitative estimate of drug-likeness (QED) is 0.682. The number of thioether (sulfide) groups is 1. The van der Waals surface area contributed by atoms with Gasteiger partial charge in [-0.3, -0.25) is 19.0 Å². The van der Waals surface area contributed by atoms with E-state index in [1.165, 1.54) is 18.7 Å². The Morgan fingerprint density at radius 1 is 1.29 bits per heavy atom. The number of benzene rings is 1. The van der Waals surface area contributed by atoms with Crippen LogP contribution in [-0.4, -0.2) is 27.0 Å². The number of anilines is 1. The fourth-order valence-corrected chi connectivity index (χ4v) is 3.54. The van der Waals surface area contributed by atoms with E-state index in [0.717, 1.165) is 0 Å². The third kappa shape index (κ3) is 3.26. The van der Waals surface area contributed by atoms with Crippen LogP contribution in [0.2, 0.25) is 0 Å². The van der Waals surface area contributed by atoms with Crippen LogP contribution in [0.5, 0.6) is 0 Å². The van der Waals surface area contributed by atoms with Gasteiger partial charge in [0.05, 0.1) is 5.92 Å².